The molecule has 16 heavy (non-hydrogen) atoms. The number of hydrogen-bond donors (Lipinski definition) is 0. The number of phosphoric acid groups is 1. The lowest BCUT2D eigenvalue weighted by Crippen LogP contribution is -2.26. The monoisotopic (exact) mass is 264 g/mol. The molecule has 4 nitrogen and oxygen atoms in total. The second kappa shape index (κ2) is 5.23. The summed E-state index contributed by atoms with van der Waals surface area (Å²) in [6.45, 7) is 6.06. The van der Waals surface area contributed by atoms with Gasteiger partial charge in [-0.3, -0.25) is 9.05 Å². The molecule has 0 unspecified atom stereocenters. The summed E-state index contributed by atoms with van der Waals surface area (Å²) >= 11 is 5.08. The summed E-state index contributed by atoms with van der Waals surface area (Å²) < 4.78 is 26.2. The van der Waals surface area contributed by atoms with Gasteiger partial charge in [-0.15, -0.1) is 12.8 Å². The Morgan fingerprint density at radius 3 is 1.56 bits per heavy atom. The lowest BCUT2D eigenvalue weighted by Gasteiger charge is -2.27. The van der Waals surface area contributed by atoms with Crippen LogP contribution in [0.25, 0.3) is 0 Å². The van der Waals surface area contributed by atoms with Crippen LogP contribution in [-0.4, -0.2) is 11.2 Å². The Morgan fingerprint density at radius 2 is 1.38 bits per heavy atom. The SMILES string of the molecule is C#CC(C)(C)OP(=O)(OCl)OC(C)(C)C#C. The third-order valence-corrected chi connectivity index (χ3v) is 3.50. The van der Waals surface area contributed by atoms with Crippen LogP contribution in [0.3, 0.4) is 0 Å². The maximum atomic E-state index is 11.9. The molecule has 0 N–H and O–H groups in total. The second-order valence-electron chi connectivity index (χ2n) is 4.01. The predicted molar refractivity (Wildman–Crippen MR) is 62.5 cm³/mol. The van der Waals surface area contributed by atoms with Gasteiger partial charge in [-0.2, -0.15) is 4.08 Å². The van der Waals surface area contributed by atoms with Crippen LogP contribution >= 0.6 is 19.7 Å². The third-order valence-electron chi connectivity index (χ3n) is 1.46. The molecule has 0 bridgehead atoms. The number of terminal acetylenes is 2. The lowest BCUT2D eigenvalue weighted by molar-refractivity contribution is 0.0544. The molecule has 0 fully saturated rings. The summed E-state index contributed by atoms with van der Waals surface area (Å²) in [5.74, 6) is 4.54. The van der Waals surface area contributed by atoms with Gasteiger partial charge in [0.2, 0.25) is 0 Å². The Balaban J connectivity index is 4.92. The van der Waals surface area contributed by atoms with Crippen LogP contribution in [0.2, 0.25) is 0 Å². The van der Waals surface area contributed by atoms with Crippen LogP contribution < -0.4 is 0 Å². The first-order valence-electron chi connectivity index (χ1n) is 4.37. The van der Waals surface area contributed by atoms with E-state index in [1.807, 2.05) is 0 Å². The van der Waals surface area contributed by atoms with Crippen molar-refractivity contribution in [3.8, 4) is 24.7 Å². The van der Waals surface area contributed by atoms with Crippen LogP contribution in [-0.2, 0) is 17.7 Å². The molecule has 0 aliphatic carbocycles. The summed E-state index contributed by atoms with van der Waals surface area (Å²) in [6, 6.07) is 0. The first-order chi connectivity index (χ1) is 7.10. The molecule has 0 atom stereocenters. The molecule has 0 aromatic heterocycles. The second-order valence-corrected chi connectivity index (χ2v) is 5.82. The molecule has 0 spiro atoms. The van der Waals surface area contributed by atoms with E-state index in [-0.39, 0.29) is 0 Å². The normalized spacial score (nSPS) is 12.9. The lowest BCUT2D eigenvalue weighted by atomic mass is 10.2. The van der Waals surface area contributed by atoms with Crippen molar-refractivity contribution in [2.24, 2.45) is 0 Å². The predicted octanol–water partition coefficient (Wildman–Crippen LogP) is 3.12. The number of halogens is 1. The standard InChI is InChI=1S/C10H14ClO4P/c1-7-9(3,4)13-16(12,15-11)14-10(5,6)8-2/h1-2H,3-6H3. The molecule has 6 heteroatoms. The molecule has 0 aliphatic heterocycles. The molecule has 0 amide bonds. The minimum Gasteiger partial charge on any atom is -0.267 e. The average Bonchev–Trinajstić information content (AvgIpc) is 2.16. The van der Waals surface area contributed by atoms with Crippen molar-refractivity contribution in [3.63, 3.8) is 0 Å². The van der Waals surface area contributed by atoms with Gasteiger partial charge in [0.1, 0.15) is 11.2 Å². The van der Waals surface area contributed by atoms with Crippen molar-refractivity contribution >= 4 is 19.7 Å². The zero-order valence-corrected chi connectivity index (χ0v) is 11.3. The number of hydrogen-bond acceptors (Lipinski definition) is 4. The van der Waals surface area contributed by atoms with Crippen molar-refractivity contribution in [2.45, 2.75) is 38.9 Å². The van der Waals surface area contributed by atoms with Gasteiger partial charge in [0.15, 0.2) is 0 Å². The average molecular weight is 265 g/mol. The van der Waals surface area contributed by atoms with E-state index in [2.05, 4.69) is 15.9 Å². The van der Waals surface area contributed by atoms with E-state index in [4.69, 9.17) is 33.8 Å². The zero-order valence-electron chi connectivity index (χ0n) is 9.61. The highest BCUT2D eigenvalue weighted by atomic mass is 35.5. The molecular formula is C10H14ClO4P. The van der Waals surface area contributed by atoms with Crippen molar-refractivity contribution < 1.29 is 17.7 Å². The summed E-state index contributed by atoms with van der Waals surface area (Å²) in [4.78, 5) is 0. The Kier molecular flexibility index (Phi) is 5.08. The van der Waals surface area contributed by atoms with Crippen LogP contribution in [0, 0.1) is 24.7 Å². The maximum Gasteiger partial charge on any atom is 0.494 e. The molecule has 0 saturated carbocycles. The molecule has 0 radical (unpaired) electrons. The van der Waals surface area contributed by atoms with Crippen LogP contribution in [0.1, 0.15) is 27.7 Å². The highest BCUT2D eigenvalue weighted by Gasteiger charge is 2.39. The molecule has 0 aromatic rings. The first-order valence-corrected chi connectivity index (χ1v) is 6.14. The number of rotatable bonds is 5. The van der Waals surface area contributed by atoms with Crippen LogP contribution in [0.5, 0.6) is 0 Å². The van der Waals surface area contributed by atoms with Gasteiger partial charge in [-0.25, -0.2) is 4.57 Å². The fourth-order valence-corrected chi connectivity index (χ4v) is 2.14. The summed E-state index contributed by atoms with van der Waals surface area (Å²) in [7, 11) is -4.00. The van der Waals surface area contributed by atoms with Gasteiger partial charge in [-0.05, 0) is 27.7 Å². The molecule has 90 valence electrons. The number of phosphoric ester groups is 1. The molecule has 0 aromatic carbocycles. The molecule has 0 rings (SSSR count). The van der Waals surface area contributed by atoms with E-state index in [0.717, 1.165) is 0 Å². The fraction of sp³-hybridized carbons (Fsp3) is 0.600. The Morgan fingerprint density at radius 1 is 1.06 bits per heavy atom. The summed E-state index contributed by atoms with van der Waals surface area (Å²) in [5, 5.41) is 0. The van der Waals surface area contributed by atoms with Gasteiger partial charge in [0.05, 0.1) is 11.9 Å². The third kappa shape index (κ3) is 5.03. The van der Waals surface area contributed by atoms with Crippen LogP contribution in [0.4, 0.5) is 0 Å². The highest BCUT2D eigenvalue weighted by molar-refractivity contribution is 7.49. The van der Waals surface area contributed by atoms with Crippen molar-refractivity contribution in [3.05, 3.63) is 0 Å². The minimum atomic E-state index is -4.00. The van der Waals surface area contributed by atoms with Gasteiger partial charge in [-0.1, -0.05) is 11.8 Å². The van der Waals surface area contributed by atoms with Gasteiger partial charge < -0.3 is 0 Å². The van der Waals surface area contributed by atoms with E-state index in [0.29, 0.717) is 0 Å². The molecule has 0 heterocycles. The van der Waals surface area contributed by atoms with E-state index < -0.39 is 19.0 Å². The summed E-state index contributed by atoms with van der Waals surface area (Å²) in [5.41, 5.74) is -2.29. The van der Waals surface area contributed by atoms with Gasteiger partial charge >= 0.3 is 7.82 Å². The van der Waals surface area contributed by atoms with Crippen molar-refractivity contribution in [2.75, 3.05) is 0 Å². The Labute approximate surface area is 101 Å². The van der Waals surface area contributed by atoms with E-state index in [1.54, 1.807) is 0 Å². The van der Waals surface area contributed by atoms with Crippen molar-refractivity contribution in [1.29, 1.82) is 0 Å². The zero-order chi connectivity index (χ0) is 13.0. The fourth-order valence-electron chi connectivity index (χ4n) is 0.659. The first kappa shape index (κ1) is 15.5. The topological polar surface area (TPSA) is 44.8 Å². The van der Waals surface area contributed by atoms with E-state index in [9.17, 15) is 4.57 Å². The smallest absolute Gasteiger partial charge is 0.267 e. The molecular weight excluding hydrogens is 251 g/mol. The summed E-state index contributed by atoms with van der Waals surface area (Å²) in [6.07, 6.45) is 10.3. The Bertz CT molecular complexity index is 343. The van der Waals surface area contributed by atoms with E-state index in [1.165, 1.54) is 27.7 Å². The quantitative estimate of drug-likeness (QED) is 0.565. The molecule has 0 aliphatic rings. The highest BCUT2D eigenvalue weighted by Crippen LogP contribution is 2.56. The minimum absolute atomic E-state index is 1.14. The van der Waals surface area contributed by atoms with Crippen LogP contribution in [0.15, 0.2) is 0 Å². The largest absolute Gasteiger partial charge is 0.494 e. The Hall–Kier alpha value is -0.480. The maximum absolute atomic E-state index is 11.9. The molecule has 0 saturated heterocycles. The van der Waals surface area contributed by atoms with Gasteiger partial charge in [0.25, 0.3) is 0 Å². The van der Waals surface area contributed by atoms with E-state index >= 15 is 0 Å². The van der Waals surface area contributed by atoms with Gasteiger partial charge in [0, 0.05) is 0 Å². The van der Waals surface area contributed by atoms with Crippen molar-refractivity contribution in [1.82, 2.24) is 0 Å².